The first-order valence-electron chi connectivity index (χ1n) is 7.11. The Bertz CT molecular complexity index is 813. The number of fused-ring (bicyclic) bond motifs is 1. The Hall–Kier alpha value is -2.25. The number of carbonyl (C=O) groups excluding carboxylic acids is 1. The fourth-order valence-electron chi connectivity index (χ4n) is 2.18. The van der Waals surface area contributed by atoms with Crippen molar-refractivity contribution in [2.45, 2.75) is 6.42 Å². The van der Waals surface area contributed by atoms with E-state index in [4.69, 9.17) is 0 Å². The van der Waals surface area contributed by atoms with Crippen LogP contribution in [-0.2, 0) is 14.8 Å². The summed E-state index contributed by atoms with van der Waals surface area (Å²) in [5, 5.41) is 3.71. The molecule has 0 saturated heterocycles. The lowest BCUT2D eigenvalue weighted by Gasteiger charge is -2.17. The van der Waals surface area contributed by atoms with Crippen molar-refractivity contribution in [3.63, 3.8) is 0 Å². The molecule has 0 saturated carbocycles. The highest BCUT2D eigenvalue weighted by Crippen LogP contribution is 2.20. The molecule has 0 aliphatic carbocycles. The minimum absolute atomic E-state index is 0.0597. The molecule has 0 atom stereocenters. The van der Waals surface area contributed by atoms with Gasteiger partial charge in [0.25, 0.3) is 0 Å². The van der Waals surface area contributed by atoms with Gasteiger partial charge in [0.2, 0.25) is 15.9 Å². The smallest absolute Gasteiger partial charge is 0.225 e. The number of nitrogens with zero attached hydrogens (tertiary/aromatic N) is 2. The maximum absolute atomic E-state index is 12.1. The number of hydrogen-bond acceptors (Lipinski definition) is 4. The van der Waals surface area contributed by atoms with Gasteiger partial charge in [0.15, 0.2) is 0 Å². The zero-order valence-electron chi connectivity index (χ0n) is 12.9. The lowest BCUT2D eigenvalue weighted by atomic mass is 10.2. The summed E-state index contributed by atoms with van der Waals surface area (Å²) in [5.74, 6) is -0.263. The lowest BCUT2D eigenvalue weighted by Crippen LogP contribution is -2.33. The Morgan fingerprint density at radius 1 is 1.35 bits per heavy atom. The van der Waals surface area contributed by atoms with E-state index in [9.17, 15) is 13.2 Å². The first kappa shape index (κ1) is 17.1. The number of sulfonamides is 1. The second-order valence-electron chi connectivity index (χ2n) is 5.09. The zero-order valence-corrected chi connectivity index (χ0v) is 13.7. The molecule has 1 aromatic heterocycles. The van der Waals surface area contributed by atoms with E-state index in [2.05, 4.69) is 16.9 Å². The molecule has 1 N–H and O–H groups in total. The van der Waals surface area contributed by atoms with Gasteiger partial charge in [0, 0.05) is 31.1 Å². The summed E-state index contributed by atoms with van der Waals surface area (Å²) in [7, 11) is -3.36. The normalized spacial score (nSPS) is 11.6. The molecule has 1 amide bonds. The maximum atomic E-state index is 12.1. The van der Waals surface area contributed by atoms with Crippen LogP contribution in [-0.4, -0.2) is 43.0 Å². The van der Waals surface area contributed by atoms with Crippen molar-refractivity contribution in [1.29, 1.82) is 0 Å². The Kier molecular flexibility index (Phi) is 5.46. The number of aromatic nitrogens is 1. The Morgan fingerprint density at radius 3 is 2.78 bits per heavy atom. The van der Waals surface area contributed by atoms with E-state index in [0.29, 0.717) is 11.2 Å². The molecular formula is C16H19N3O3S. The standard InChI is InChI=1S/C16H19N3O3S/c1-3-11-19(23(2,21)22)12-9-15(20)18-14-8-4-6-13-7-5-10-17-16(13)14/h3-8,10H,1,9,11-12H2,2H3,(H,18,20). The van der Waals surface area contributed by atoms with E-state index >= 15 is 0 Å². The number of rotatable bonds is 7. The fraction of sp³-hybridized carbons (Fsp3) is 0.250. The summed E-state index contributed by atoms with van der Waals surface area (Å²) >= 11 is 0. The molecule has 0 unspecified atom stereocenters. The summed E-state index contributed by atoms with van der Waals surface area (Å²) < 4.78 is 24.4. The molecule has 2 rings (SSSR count). The lowest BCUT2D eigenvalue weighted by molar-refractivity contribution is -0.116. The SMILES string of the molecule is C=CCN(CCC(=O)Nc1cccc2cccnc12)S(C)(=O)=O. The third-order valence-electron chi connectivity index (χ3n) is 3.30. The molecule has 0 spiro atoms. The van der Waals surface area contributed by atoms with Crippen molar-refractivity contribution in [2.75, 3.05) is 24.7 Å². The highest BCUT2D eigenvalue weighted by atomic mass is 32.2. The summed E-state index contributed by atoms with van der Waals surface area (Å²) in [5.41, 5.74) is 1.32. The maximum Gasteiger partial charge on any atom is 0.225 e. The van der Waals surface area contributed by atoms with Gasteiger partial charge >= 0.3 is 0 Å². The van der Waals surface area contributed by atoms with Gasteiger partial charge in [-0.3, -0.25) is 9.78 Å². The van der Waals surface area contributed by atoms with E-state index in [1.54, 1.807) is 12.3 Å². The molecule has 0 bridgehead atoms. The molecule has 1 aromatic carbocycles. The molecule has 7 heteroatoms. The van der Waals surface area contributed by atoms with Gasteiger partial charge in [0.05, 0.1) is 17.5 Å². The molecular weight excluding hydrogens is 314 g/mol. The van der Waals surface area contributed by atoms with Crippen LogP contribution in [0.2, 0.25) is 0 Å². The van der Waals surface area contributed by atoms with Gasteiger partial charge in [-0.2, -0.15) is 4.31 Å². The van der Waals surface area contributed by atoms with Crippen LogP contribution >= 0.6 is 0 Å². The van der Waals surface area contributed by atoms with Crippen molar-refractivity contribution in [1.82, 2.24) is 9.29 Å². The first-order valence-corrected chi connectivity index (χ1v) is 8.96. The Labute approximate surface area is 135 Å². The van der Waals surface area contributed by atoms with Crippen LogP contribution in [0.4, 0.5) is 5.69 Å². The molecule has 0 aliphatic heterocycles. The third kappa shape index (κ3) is 4.61. The highest BCUT2D eigenvalue weighted by Gasteiger charge is 2.16. The van der Waals surface area contributed by atoms with E-state index < -0.39 is 10.0 Å². The van der Waals surface area contributed by atoms with Crippen molar-refractivity contribution in [2.24, 2.45) is 0 Å². The van der Waals surface area contributed by atoms with Gasteiger partial charge in [-0.05, 0) is 12.1 Å². The Balaban J connectivity index is 2.05. The van der Waals surface area contributed by atoms with Crippen LogP contribution in [0.1, 0.15) is 6.42 Å². The molecule has 6 nitrogen and oxygen atoms in total. The van der Waals surface area contributed by atoms with Crippen LogP contribution < -0.4 is 5.32 Å². The number of pyridine rings is 1. The second kappa shape index (κ2) is 7.34. The zero-order chi connectivity index (χ0) is 16.9. The van der Waals surface area contributed by atoms with Crippen LogP contribution in [0, 0.1) is 0 Å². The van der Waals surface area contributed by atoms with E-state index in [0.717, 1.165) is 11.6 Å². The highest BCUT2D eigenvalue weighted by molar-refractivity contribution is 7.88. The average molecular weight is 333 g/mol. The number of amides is 1. The van der Waals surface area contributed by atoms with Gasteiger partial charge in [-0.25, -0.2) is 8.42 Å². The van der Waals surface area contributed by atoms with Crippen LogP contribution in [0.5, 0.6) is 0 Å². The monoisotopic (exact) mass is 333 g/mol. The molecule has 0 aliphatic rings. The Morgan fingerprint density at radius 2 is 2.09 bits per heavy atom. The molecule has 2 aromatic rings. The molecule has 23 heavy (non-hydrogen) atoms. The predicted molar refractivity (Wildman–Crippen MR) is 91.6 cm³/mol. The summed E-state index contributed by atoms with van der Waals surface area (Å²) in [6.07, 6.45) is 4.33. The molecule has 0 fully saturated rings. The van der Waals surface area contributed by atoms with Gasteiger partial charge in [-0.1, -0.05) is 24.3 Å². The summed E-state index contributed by atoms with van der Waals surface area (Å²) in [6, 6.07) is 9.25. The molecule has 1 heterocycles. The van der Waals surface area contributed by atoms with Crippen molar-refractivity contribution >= 4 is 32.5 Å². The average Bonchev–Trinajstić information content (AvgIpc) is 2.50. The largest absolute Gasteiger partial charge is 0.324 e. The van der Waals surface area contributed by atoms with Gasteiger partial charge < -0.3 is 5.32 Å². The van der Waals surface area contributed by atoms with Crippen LogP contribution in [0.25, 0.3) is 10.9 Å². The van der Waals surface area contributed by atoms with Crippen LogP contribution in [0.3, 0.4) is 0 Å². The number of para-hydroxylation sites is 1. The predicted octanol–water partition coefficient (Wildman–Crippen LogP) is 2.01. The fourth-order valence-corrected chi connectivity index (χ4v) is 2.98. The third-order valence-corrected chi connectivity index (χ3v) is 4.57. The first-order chi connectivity index (χ1) is 10.9. The van der Waals surface area contributed by atoms with Gasteiger partial charge in [-0.15, -0.1) is 6.58 Å². The topological polar surface area (TPSA) is 79.4 Å². The quantitative estimate of drug-likeness (QED) is 0.786. The number of carbonyl (C=O) groups is 1. The number of anilines is 1. The second-order valence-corrected chi connectivity index (χ2v) is 7.07. The minimum atomic E-state index is -3.36. The summed E-state index contributed by atoms with van der Waals surface area (Å²) in [6.45, 7) is 3.82. The van der Waals surface area contributed by atoms with Crippen molar-refractivity contribution < 1.29 is 13.2 Å². The van der Waals surface area contributed by atoms with E-state index in [-0.39, 0.29) is 25.4 Å². The molecule has 122 valence electrons. The van der Waals surface area contributed by atoms with Crippen molar-refractivity contribution in [3.8, 4) is 0 Å². The molecule has 0 radical (unpaired) electrons. The minimum Gasteiger partial charge on any atom is -0.324 e. The summed E-state index contributed by atoms with van der Waals surface area (Å²) in [4.78, 5) is 16.4. The number of nitrogens with one attached hydrogen (secondary N) is 1. The van der Waals surface area contributed by atoms with Crippen LogP contribution in [0.15, 0.2) is 49.2 Å². The van der Waals surface area contributed by atoms with Crippen molar-refractivity contribution in [3.05, 3.63) is 49.2 Å². The van der Waals surface area contributed by atoms with E-state index in [1.165, 1.54) is 10.4 Å². The van der Waals surface area contributed by atoms with Gasteiger partial charge in [0.1, 0.15) is 0 Å². The van der Waals surface area contributed by atoms with E-state index in [1.807, 2.05) is 24.3 Å². The number of benzene rings is 1. The number of hydrogen-bond donors (Lipinski definition) is 1.